The van der Waals surface area contributed by atoms with Crippen LogP contribution in [0.25, 0.3) is 0 Å². The Balaban J connectivity index is 1.72. The van der Waals surface area contributed by atoms with Crippen molar-refractivity contribution in [1.29, 1.82) is 0 Å². The maximum atomic E-state index is 12.5. The van der Waals surface area contributed by atoms with Gasteiger partial charge in [-0.3, -0.25) is 4.99 Å². The number of hydrogen-bond donors (Lipinski definition) is 2. The van der Waals surface area contributed by atoms with Gasteiger partial charge in [0.1, 0.15) is 0 Å². The fraction of sp³-hybridized carbons (Fsp3) is 0.412. The van der Waals surface area contributed by atoms with Gasteiger partial charge >= 0.3 is 6.18 Å². The fourth-order valence-corrected chi connectivity index (χ4v) is 3.06. The lowest BCUT2D eigenvalue weighted by atomic mass is 10.1. The molecule has 25 heavy (non-hydrogen) atoms. The Bertz CT molecular complexity index is 710. The van der Waals surface area contributed by atoms with Gasteiger partial charge in [-0.1, -0.05) is 29.8 Å². The molecular formula is C17H21F3N4S. The largest absolute Gasteiger partial charge is 0.434 e. The number of rotatable bonds is 6. The molecule has 2 aromatic rings. The SMILES string of the molecule is CN=C(NCCc1cccc(C)c1)NCCc1nc(C(F)(F)F)cs1. The molecule has 0 amide bonds. The van der Waals surface area contributed by atoms with Crippen molar-refractivity contribution < 1.29 is 13.2 Å². The van der Waals surface area contributed by atoms with Gasteiger partial charge in [-0.15, -0.1) is 11.3 Å². The van der Waals surface area contributed by atoms with Crippen LogP contribution in [0.2, 0.25) is 0 Å². The molecule has 2 rings (SSSR count). The Labute approximate surface area is 149 Å². The molecular weight excluding hydrogens is 349 g/mol. The fourth-order valence-electron chi connectivity index (χ4n) is 2.26. The van der Waals surface area contributed by atoms with Crippen LogP contribution in [0.15, 0.2) is 34.6 Å². The van der Waals surface area contributed by atoms with Gasteiger partial charge in [-0.25, -0.2) is 4.98 Å². The molecule has 1 heterocycles. The number of hydrogen-bond acceptors (Lipinski definition) is 3. The van der Waals surface area contributed by atoms with E-state index in [2.05, 4.69) is 45.7 Å². The van der Waals surface area contributed by atoms with E-state index >= 15 is 0 Å². The Morgan fingerprint density at radius 1 is 1.20 bits per heavy atom. The third-order valence-electron chi connectivity index (χ3n) is 3.49. The standard InChI is InChI=1S/C17H21F3N4S/c1-12-4-3-5-13(10-12)6-8-22-16(21-2)23-9-7-15-24-14(11-25-15)17(18,19)20/h3-5,10-11H,6-9H2,1-2H3,(H2,21,22,23). The number of aryl methyl sites for hydroxylation is 1. The monoisotopic (exact) mass is 370 g/mol. The van der Waals surface area contributed by atoms with Crippen molar-refractivity contribution in [2.24, 2.45) is 4.99 Å². The van der Waals surface area contributed by atoms with E-state index in [1.54, 1.807) is 7.05 Å². The summed E-state index contributed by atoms with van der Waals surface area (Å²) in [6.45, 7) is 3.24. The van der Waals surface area contributed by atoms with Gasteiger partial charge in [0.05, 0.1) is 5.01 Å². The summed E-state index contributed by atoms with van der Waals surface area (Å²) in [5, 5.41) is 7.78. The molecule has 1 aromatic heterocycles. The van der Waals surface area contributed by atoms with E-state index in [9.17, 15) is 13.2 Å². The molecule has 2 N–H and O–H groups in total. The van der Waals surface area contributed by atoms with E-state index in [1.165, 1.54) is 11.1 Å². The van der Waals surface area contributed by atoms with E-state index < -0.39 is 11.9 Å². The molecule has 0 aliphatic carbocycles. The van der Waals surface area contributed by atoms with Crippen molar-refractivity contribution in [1.82, 2.24) is 15.6 Å². The number of alkyl halides is 3. The molecule has 8 heteroatoms. The van der Waals surface area contributed by atoms with Crippen molar-refractivity contribution in [3.05, 3.63) is 51.5 Å². The maximum absolute atomic E-state index is 12.5. The third kappa shape index (κ3) is 6.38. The predicted octanol–water partition coefficient (Wildman–Crippen LogP) is 3.42. The summed E-state index contributed by atoms with van der Waals surface area (Å²) in [6.07, 6.45) is -3.10. The zero-order valence-electron chi connectivity index (χ0n) is 14.2. The van der Waals surface area contributed by atoms with Crippen LogP contribution in [-0.4, -0.2) is 31.1 Å². The van der Waals surface area contributed by atoms with Crippen LogP contribution < -0.4 is 10.6 Å². The molecule has 0 spiro atoms. The van der Waals surface area contributed by atoms with E-state index in [0.717, 1.165) is 29.7 Å². The van der Waals surface area contributed by atoms with Crippen LogP contribution in [0.1, 0.15) is 21.8 Å². The van der Waals surface area contributed by atoms with Gasteiger partial charge in [0.15, 0.2) is 11.7 Å². The Morgan fingerprint density at radius 2 is 1.92 bits per heavy atom. The lowest BCUT2D eigenvalue weighted by Crippen LogP contribution is -2.39. The van der Waals surface area contributed by atoms with Gasteiger partial charge in [0.2, 0.25) is 0 Å². The summed E-state index contributed by atoms with van der Waals surface area (Å²) < 4.78 is 37.5. The van der Waals surface area contributed by atoms with Gasteiger partial charge in [0, 0.05) is 31.9 Å². The second kappa shape index (κ2) is 8.84. The molecule has 4 nitrogen and oxygen atoms in total. The van der Waals surface area contributed by atoms with Gasteiger partial charge in [-0.2, -0.15) is 13.2 Å². The summed E-state index contributed by atoms with van der Waals surface area (Å²) in [7, 11) is 1.66. The Hall–Kier alpha value is -2.09. The van der Waals surface area contributed by atoms with Crippen LogP contribution >= 0.6 is 11.3 Å². The van der Waals surface area contributed by atoms with Crippen molar-refractivity contribution in [3.8, 4) is 0 Å². The summed E-state index contributed by atoms with van der Waals surface area (Å²) in [5.74, 6) is 0.625. The number of benzene rings is 1. The molecule has 0 saturated heterocycles. The topological polar surface area (TPSA) is 49.3 Å². The number of nitrogens with one attached hydrogen (secondary N) is 2. The van der Waals surface area contributed by atoms with Crippen molar-refractivity contribution in [2.75, 3.05) is 20.1 Å². The molecule has 0 aliphatic heterocycles. The van der Waals surface area contributed by atoms with Crippen LogP contribution in [0.3, 0.4) is 0 Å². The Morgan fingerprint density at radius 3 is 2.52 bits per heavy atom. The number of nitrogens with zero attached hydrogens (tertiary/aromatic N) is 2. The summed E-state index contributed by atoms with van der Waals surface area (Å²) in [4.78, 5) is 7.72. The summed E-state index contributed by atoms with van der Waals surface area (Å²) >= 11 is 1.02. The molecule has 0 bridgehead atoms. The predicted molar refractivity (Wildman–Crippen MR) is 95.1 cm³/mol. The van der Waals surface area contributed by atoms with Crippen LogP contribution in [0.5, 0.6) is 0 Å². The highest BCUT2D eigenvalue weighted by molar-refractivity contribution is 7.09. The normalized spacial score (nSPS) is 12.3. The lowest BCUT2D eigenvalue weighted by Gasteiger charge is -2.11. The van der Waals surface area contributed by atoms with Crippen LogP contribution in [0.4, 0.5) is 13.2 Å². The molecule has 0 unspecified atom stereocenters. The number of guanidine groups is 1. The molecule has 136 valence electrons. The maximum Gasteiger partial charge on any atom is 0.434 e. The first kappa shape index (κ1) is 19.2. The highest BCUT2D eigenvalue weighted by atomic mass is 32.1. The van der Waals surface area contributed by atoms with Gasteiger partial charge < -0.3 is 10.6 Å². The first-order chi connectivity index (χ1) is 11.9. The smallest absolute Gasteiger partial charge is 0.356 e. The van der Waals surface area contributed by atoms with Crippen molar-refractivity contribution in [3.63, 3.8) is 0 Å². The number of aromatic nitrogens is 1. The molecule has 0 aliphatic rings. The van der Waals surface area contributed by atoms with E-state index in [0.29, 0.717) is 23.9 Å². The van der Waals surface area contributed by atoms with E-state index in [1.807, 2.05) is 6.07 Å². The minimum absolute atomic E-state index is 0.416. The first-order valence-electron chi connectivity index (χ1n) is 7.90. The number of aliphatic imine (C=N–C) groups is 1. The minimum Gasteiger partial charge on any atom is -0.356 e. The van der Waals surface area contributed by atoms with Gasteiger partial charge in [-0.05, 0) is 18.9 Å². The average molecular weight is 370 g/mol. The van der Waals surface area contributed by atoms with Crippen molar-refractivity contribution in [2.45, 2.75) is 25.9 Å². The second-order valence-electron chi connectivity index (χ2n) is 5.54. The lowest BCUT2D eigenvalue weighted by molar-refractivity contribution is -0.140. The zero-order valence-corrected chi connectivity index (χ0v) is 15.0. The molecule has 0 fully saturated rings. The first-order valence-corrected chi connectivity index (χ1v) is 8.78. The third-order valence-corrected chi connectivity index (χ3v) is 4.39. The number of halogens is 3. The highest BCUT2D eigenvalue weighted by Crippen LogP contribution is 2.29. The minimum atomic E-state index is -4.38. The number of thiazole rings is 1. The van der Waals surface area contributed by atoms with Gasteiger partial charge in [0.25, 0.3) is 0 Å². The zero-order chi connectivity index (χ0) is 18.3. The highest BCUT2D eigenvalue weighted by Gasteiger charge is 2.33. The summed E-state index contributed by atoms with van der Waals surface area (Å²) in [5.41, 5.74) is 1.64. The van der Waals surface area contributed by atoms with E-state index in [-0.39, 0.29) is 0 Å². The quantitative estimate of drug-likeness (QED) is 0.605. The molecule has 0 radical (unpaired) electrons. The van der Waals surface area contributed by atoms with E-state index in [4.69, 9.17) is 0 Å². The summed E-state index contributed by atoms with van der Waals surface area (Å²) in [6, 6.07) is 8.30. The van der Waals surface area contributed by atoms with Crippen LogP contribution in [0, 0.1) is 6.92 Å². The Kier molecular flexibility index (Phi) is 6.81. The van der Waals surface area contributed by atoms with Crippen LogP contribution in [-0.2, 0) is 19.0 Å². The molecule has 1 aromatic carbocycles. The molecule has 0 saturated carbocycles. The average Bonchev–Trinajstić information content (AvgIpc) is 3.02. The van der Waals surface area contributed by atoms with Crippen molar-refractivity contribution >= 4 is 17.3 Å². The molecule has 0 atom stereocenters. The second-order valence-corrected chi connectivity index (χ2v) is 6.48.